The number of nitrogens with one attached hydrogen (secondary N) is 8. The van der Waals surface area contributed by atoms with Crippen molar-refractivity contribution in [3.8, 4) is 34.2 Å². The van der Waals surface area contributed by atoms with Gasteiger partial charge in [-0.15, -0.1) is 0 Å². The number of nitrogens with zero attached hydrogens (tertiary/aromatic N) is 6. The molecule has 0 saturated carbocycles. The Morgan fingerprint density at radius 1 is 0.357 bits per heavy atom. The molecule has 14 N–H and O–H groups in total. The fourth-order valence-corrected chi connectivity index (χ4v) is 18.1. The number of rotatable bonds is 6. The first kappa shape index (κ1) is 69.6. The van der Waals surface area contributed by atoms with E-state index in [4.69, 9.17) is 37.1 Å². The lowest BCUT2D eigenvalue weighted by Crippen LogP contribution is -2.21. The summed E-state index contributed by atoms with van der Waals surface area (Å²) < 4.78 is 4.17. The van der Waals surface area contributed by atoms with Crippen LogP contribution in [0.5, 0.6) is 0 Å². The van der Waals surface area contributed by atoms with Gasteiger partial charge in [-0.3, -0.25) is 19.8 Å². The third-order valence-corrected chi connectivity index (χ3v) is 23.8. The Bertz CT molecular complexity index is 8060. The van der Waals surface area contributed by atoms with Crippen LogP contribution in [0.4, 0.5) is 22.7 Å². The van der Waals surface area contributed by atoms with E-state index in [9.17, 15) is 4.79 Å². The van der Waals surface area contributed by atoms with Crippen molar-refractivity contribution in [2.24, 2.45) is 10.7 Å². The van der Waals surface area contributed by atoms with E-state index in [1.807, 2.05) is 128 Å². The minimum atomic E-state index is -0.228. The molecule has 9 aromatic heterocycles. The number of nitrogen functional groups attached to an aromatic ring is 2. The topological polar surface area (TPSA) is 294 Å². The highest BCUT2D eigenvalue weighted by Crippen LogP contribution is 2.45. The summed E-state index contributed by atoms with van der Waals surface area (Å²) >= 11 is 14.3. The zero-order valence-corrected chi connectivity index (χ0v) is 66.9. The van der Waals surface area contributed by atoms with Gasteiger partial charge >= 0.3 is 0 Å². The number of benzene rings is 14. The van der Waals surface area contributed by atoms with Crippen molar-refractivity contribution in [1.82, 2.24) is 59.8 Å². The zero-order chi connectivity index (χ0) is 77.4. The molecule has 22 heteroatoms. The quantitative estimate of drug-likeness (QED) is 0.0556. The second-order valence-electron chi connectivity index (χ2n) is 28.6. The molecule has 115 heavy (non-hydrogen) atoms. The van der Waals surface area contributed by atoms with Crippen LogP contribution in [0.1, 0.15) is 11.1 Å². The van der Waals surface area contributed by atoms with Crippen LogP contribution in [-0.4, -0.2) is 78.0 Å². The van der Waals surface area contributed by atoms with Gasteiger partial charge in [-0.25, -0.2) is 15.0 Å². The molecule has 0 spiro atoms. The molecular formula is C93H61Br4N17O. The lowest BCUT2D eigenvalue weighted by molar-refractivity contribution is -0.114. The lowest BCUT2D eigenvalue weighted by Gasteiger charge is -2.09. The van der Waals surface area contributed by atoms with Gasteiger partial charge in [0.1, 0.15) is 17.5 Å². The van der Waals surface area contributed by atoms with E-state index in [2.05, 4.69) is 247 Å². The van der Waals surface area contributed by atoms with Crippen molar-refractivity contribution in [3.63, 3.8) is 0 Å². The highest BCUT2D eigenvalue weighted by molar-refractivity contribution is 9.11. The van der Waals surface area contributed by atoms with E-state index in [0.29, 0.717) is 5.69 Å². The minimum absolute atomic E-state index is 0.0617. The maximum absolute atomic E-state index is 11.8. The lowest BCUT2D eigenvalue weighted by atomic mass is 9.98. The summed E-state index contributed by atoms with van der Waals surface area (Å²) in [5.74, 6) is 2.26. The number of halogens is 4. The van der Waals surface area contributed by atoms with Gasteiger partial charge in [0.15, 0.2) is 0 Å². The number of nitrogens with two attached hydrogens (primary N) is 3. The number of H-pyrrole nitrogens is 7. The summed E-state index contributed by atoms with van der Waals surface area (Å²) in [6.07, 6.45) is 12.5. The van der Waals surface area contributed by atoms with Crippen molar-refractivity contribution in [1.29, 1.82) is 0 Å². The molecule has 0 aliphatic carbocycles. The van der Waals surface area contributed by atoms with Gasteiger partial charge in [-0.2, -0.15) is 0 Å². The van der Waals surface area contributed by atoms with E-state index in [-0.39, 0.29) is 12.5 Å². The number of hydrogen-bond acceptors (Lipinski definition) is 10. The Labute approximate surface area is 685 Å². The van der Waals surface area contributed by atoms with Gasteiger partial charge < -0.3 is 57.4 Å². The molecule has 0 unspecified atom stereocenters. The maximum Gasteiger partial charge on any atom is 0.238 e. The smallest absolute Gasteiger partial charge is 0.238 e. The predicted molar refractivity (Wildman–Crippen MR) is 488 cm³/mol. The third kappa shape index (κ3) is 11.9. The van der Waals surface area contributed by atoms with Crippen LogP contribution in [0, 0.1) is 0 Å². The van der Waals surface area contributed by atoms with Crippen LogP contribution in [-0.2, 0) is 11.2 Å². The Kier molecular flexibility index (Phi) is 16.8. The number of amides is 1. The molecule has 0 saturated heterocycles. The number of anilines is 3. The van der Waals surface area contributed by atoms with Crippen LogP contribution in [0.2, 0.25) is 0 Å². The second-order valence-corrected chi connectivity index (χ2v) is 32.3. The third-order valence-electron chi connectivity index (χ3n) is 21.9. The number of imidazole rings is 3. The summed E-state index contributed by atoms with van der Waals surface area (Å²) in [6, 6.07) is 76.1. The molecule has 0 fully saturated rings. The van der Waals surface area contributed by atoms with Gasteiger partial charge in [-0.1, -0.05) is 161 Å². The summed E-state index contributed by atoms with van der Waals surface area (Å²) in [7, 11) is 0. The van der Waals surface area contributed by atoms with Gasteiger partial charge in [0.2, 0.25) is 5.91 Å². The zero-order valence-electron chi connectivity index (χ0n) is 60.6. The van der Waals surface area contributed by atoms with Crippen molar-refractivity contribution in [3.05, 3.63) is 291 Å². The molecule has 0 radical (unpaired) electrons. The number of aliphatic imine (C=N–C) groups is 1. The molecule has 1 amide bonds. The standard InChI is InChI=1S/C25H18BrN5O.2C23H15BrN4.C22H13BrN4/c26-13-5-8-21-18(9-13)20(12-28-21)25-30-23-17-4-2-1-3-15(17)16-7-6-14(29-22(32)11-27)10-19(16)24(23)31-25;24-12-5-8-20-17(9-12)19(11-26-20)23-27-21-16-4-2-1-3-14(16)15-7-6-13(25)10-18(15)22(21)28-23;24-12-5-8-20-18(9-12)19(11-26-20)23-27-21-15-4-2-1-3-14(15)17-10-13(25)6-7-16(17)22(21)28-23;23-12-5-6-18-15(9-12)17(11-26-18)19-10-16-13-3-1-7-24-21(13)22-14(20(16)27-19)4-2-8-25-22/h1-10,12,28H,11,27H2,(H,29,32)(H,30,31);2*1-11,26H,25H2,(H,27,28);1-9,11,26H,10H2. The van der Waals surface area contributed by atoms with Crippen LogP contribution < -0.4 is 22.5 Å². The largest absolute Gasteiger partial charge is 0.399 e. The number of hydrogen-bond donors (Lipinski definition) is 11. The highest BCUT2D eigenvalue weighted by atomic mass is 79.9. The maximum atomic E-state index is 11.8. The molecule has 18 nitrogen and oxygen atoms in total. The molecule has 14 aromatic carbocycles. The SMILES string of the molecule is Brc1ccc2[nH]cc(C3=Nc4c(c5cccnc5c5ncccc45)C3)c2c1.NCC(=O)Nc1ccc2c3ccccc3c3[nH]c(-c4c[nH]c5ccc(Br)cc45)nc3c2c1.Nc1ccc2c(c1)c1ccccc1c1nc(-c3c[nH]c4ccc(Br)cc34)[nH]c21.Nc1ccc2c3ccccc3c3[nH]c(-c4c[nH]c5ccc(Br)cc45)nc3c2c1. The van der Waals surface area contributed by atoms with E-state index < -0.39 is 0 Å². The van der Waals surface area contributed by atoms with Crippen LogP contribution >= 0.6 is 63.7 Å². The molecule has 23 aromatic rings. The van der Waals surface area contributed by atoms with Crippen LogP contribution in [0.15, 0.2) is 285 Å². The van der Waals surface area contributed by atoms with Gasteiger partial charge in [0.25, 0.3) is 0 Å². The summed E-state index contributed by atoms with van der Waals surface area (Å²) in [4.78, 5) is 65.3. The normalized spacial score (nSPS) is 12.2. The Morgan fingerprint density at radius 3 is 1.23 bits per heavy atom. The van der Waals surface area contributed by atoms with Crippen molar-refractivity contribution in [2.75, 3.05) is 23.3 Å². The first-order valence-corrected chi connectivity index (χ1v) is 40.3. The number of carbonyl (C=O) groups excluding carboxylic acids is 1. The predicted octanol–water partition coefficient (Wildman–Crippen LogP) is 24.1. The number of aromatic nitrogens is 12. The van der Waals surface area contributed by atoms with Gasteiger partial charge in [0, 0.05) is 188 Å². The monoisotopic (exact) mass is 1750 g/mol. The fraction of sp³-hybridized carbons (Fsp3) is 0.0215. The summed E-state index contributed by atoms with van der Waals surface area (Å²) in [6.45, 7) is -0.0617. The number of pyridine rings is 2. The van der Waals surface area contributed by atoms with E-state index in [1.165, 1.54) is 16.3 Å². The number of aromatic amines is 7. The van der Waals surface area contributed by atoms with Crippen molar-refractivity contribution in [2.45, 2.75) is 6.42 Å². The first-order valence-electron chi connectivity index (χ1n) is 37.1. The number of fused-ring (bicyclic) bond motifs is 28. The molecule has 0 atom stereocenters. The van der Waals surface area contributed by atoms with Crippen LogP contribution in [0.25, 0.3) is 197 Å². The van der Waals surface area contributed by atoms with Gasteiger partial charge in [-0.05, 0) is 165 Å². The fourth-order valence-electron chi connectivity index (χ4n) is 16.6. The van der Waals surface area contributed by atoms with E-state index >= 15 is 0 Å². The molecule has 10 heterocycles. The molecule has 552 valence electrons. The molecule has 24 rings (SSSR count). The first-order chi connectivity index (χ1) is 56.3. The molecule has 1 aliphatic rings. The van der Waals surface area contributed by atoms with Crippen molar-refractivity contribution < 1.29 is 4.79 Å². The Hall–Kier alpha value is -13.4. The van der Waals surface area contributed by atoms with Crippen molar-refractivity contribution >= 4 is 261 Å². The minimum Gasteiger partial charge on any atom is -0.399 e. The molecular weight excluding hydrogens is 1690 g/mol. The summed E-state index contributed by atoms with van der Waals surface area (Å²) in [5, 5.41) is 23.0. The second kappa shape index (κ2) is 27.8. The Morgan fingerprint density at radius 2 is 0.730 bits per heavy atom. The van der Waals surface area contributed by atoms with E-state index in [1.54, 1.807) is 0 Å². The van der Waals surface area contributed by atoms with Crippen LogP contribution in [0.3, 0.4) is 0 Å². The average Bonchev–Trinajstić information content (AvgIpc) is 1.66. The van der Waals surface area contributed by atoms with E-state index in [0.717, 1.165) is 239 Å². The Balaban J connectivity index is 0.0000000962. The average molecular weight is 1750 g/mol. The molecule has 1 aliphatic heterocycles. The van der Waals surface area contributed by atoms with Gasteiger partial charge in [0.05, 0.1) is 62.1 Å². The molecule has 0 bridgehead atoms. The highest BCUT2D eigenvalue weighted by Gasteiger charge is 2.26. The summed E-state index contributed by atoms with van der Waals surface area (Å²) in [5.41, 5.74) is 39.5. The number of carbonyl (C=O) groups is 1.